The number of rotatable bonds is 5. The number of pyridine rings is 1. The van der Waals surface area contributed by atoms with E-state index in [-0.39, 0.29) is 18.6 Å². The van der Waals surface area contributed by atoms with Crippen molar-refractivity contribution in [3.8, 4) is 5.75 Å². The number of aromatic nitrogens is 1. The van der Waals surface area contributed by atoms with Gasteiger partial charge in [-0.15, -0.1) is 0 Å². The van der Waals surface area contributed by atoms with Crippen LogP contribution in [0.2, 0.25) is 5.02 Å². The van der Waals surface area contributed by atoms with Gasteiger partial charge in [0.1, 0.15) is 5.75 Å². The second-order valence-corrected chi connectivity index (χ2v) is 4.72. The number of carbonyl (C=O) groups is 1. The first-order chi connectivity index (χ1) is 9.65. The molecule has 104 valence electrons. The predicted octanol–water partition coefficient (Wildman–Crippen LogP) is 2.99. The summed E-state index contributed by atoms with van der Waals surface area (Å²) < 4.78 is 5.37. The quantitative estimate of drug-likeness (QED) is 0.921. The molecule has 0 saturated carbocycles. The first-order valence-electron chi connectivity index (χ1n) is 6.24. The predicted molar refractivity (Wildman–Crippen MR) is 77.7 cm³/mol. The van der Waals surface area contributed by atoms with Gasteiger partial charge in [-0.05, 0) is 43.3 Å². The van der Waals surface area contributed by atoms with E-state index in [2.05, 4.69) is 10.3 Å². The summed E-state index contributed by atoms with van der Waals surface area (Å²) in [5.74, 6) is 0.410. The number of carbonyl (C=O) groups excluding carboxylic acids is 1. The molecule has 1 aromatic carbocycles. The lowest BCUT2D eigenvalue weighted by Crippen LogP contribution is -2.31. The molecule has 0 unspecified atom stereocenters. The highest BCUT2D eigenvalue weighted by molar-refractivity contribution is 6.30. The Labute approximate surface area is 122 Å². The maximum Gasteiger partial charge on any atom is 0.258 e. The van der Waals surface area contributed by atoms with E-state index in [0.717, 1.165) is 5.69 Å². The maximum atomic E-state index is 11.8. The molecule has 0 saturated heterocycles. The van der Waals surface area contributed by atoms with Crippen LogP contribution in [0.25, 0.3) is 0 Å². The molecule has 2 aromatic rings. The third kappa shape index (κ3) is 4.24. The molecule has 0 aliphatic carbocycles. The molecule has 2 rings (SSSR count). The number of halogens is 1. The number of nitrogens with zero attached hydrogens (tertiary/aromatic N) is 1. The van der Waals surface area contributed by atoms with E-state index >= 15 is 0 Å². The van der Waals surface area contributed by atoms with E-state index in [9.17, 15) is 4.79 Å². The summed E-state index contributed by atoms with van der Waals surface area (Å²) in [5, 5.41) is 3.46. The highest BCUT2D eigenvalue weighted by Gasteiger charge is 2.10. The third-order valence-electron chi connectivity index (χ3n) is 2.69. The minimum absolute atomic E-state index is 0.0429. The lowest BCUT2D eigenvalue weighted by molar-refractivity contribution is -0.123. The van der Waals surface area contributed by atoms with Gasteiger partial charge in [-0.2, -0.15) is 0 Å². The maximum absolute atomic E-state index is 11.8. The molecule has 1 amide bonds. The Morgan fingerprint density at radius 1 is 1.30 bits per heavy atom. The van der Waals surface area contributed by atoms with Gasteiger partial charge in [-0.1, -0.05) is 17.7 Å². The Balaban J connectivity index is 1.82. The largest absolute Gasteiger partial charge is 0.484 e. The van der Waals surface area contributed by atoms with Crippen LogP contribution in [0.15, 0.2) is 48.7 Å². The minimum Gasteiger partial charge on any atom is -0.484 e. The SMILES string of the molecule is C[C@H](NC(=O)COc1ccc(Cl)cc1)c1ccccn1. The fourth-order valence-corrected chi connectivity index (χ4v) is 1.79. The van der Waals surface area contributed by atoms with Crippen molar-refractivity contribution in [1.29, 1.82) is 0 Å². The monoisotopic (exact) mass is 290 g/mol. The molecule has 1 aromatic heterocycles. The van der Waals surface area contributed by atoms with Crippen molar-refractivity contribution in [2.75, 3.05) is 6.61 Å². The van der Waals surface area contributed by atoms with Gasteiger partial charge >= 0.3 is 0 Å². The Morgan fingerprint density at radius 3 is 2.70 bits per heavy atom. The molecule has 0 fully saturated rings. The fraction of sp³-hybridized carbons (Fsp3) is 0.200. The van der Waals surface area contributed by atoms with Crippen LogP contribution < -0.4 is 10.1 Å². The Morgan fingerprint density at radius 2 is 2.05 bits per heavy atom. The second kappa shape index (κ2) is 6.91. The van der Waals surface area contributed by atoms with Gasteiger partial charge in [0.15, 0.2) is 6.61 Å². The Hall–Kier alpha value is -2.07. The van der Waals surface area contributed by atoms with Gasteiger partial charge in [-0.25, -0.2) is 0 Å². The standard InChI is InChI=1S/C15H15ClN2O2/c1-11(14-4-2-3-9-17-14)18-15(19)10-20-13-7-5-12(16)6-8-13/h2-9,11H,10H2,1H3,(H,18,19)/t11-/m0/s1. The summed E-state index contributed by atoms with van der Waals surface area (Å²) in [5.41, 5.74) is 0.812. The number of nitrogens with one attached hydrogen (secondary N) is 1. The van der Waals surface area contributed by atoms with Crippen LogP contribution in [0.1, 0.15) is 18.7 Å². The summed E-state index contributed by atoms with van der Waals surface area (Å²) in [7, 11) is 0. The van der Waals surface area contributed by atoms with Crippen LogP contribution in [0, 0.1) is 0 Å². The lowest BCUT2D eigenvalue weighted by atomic mass is 10.2. The van der Waals surface area contributed by atoms with Crippen molar-refractivity contribution in [1.82, 2.24) is 10.3 Å². The number of amides is 1. The highest BCUT2D eigenvalue weighted by Crippen LogP contribution is 2.15. The van der Waals surface area contributed by atoms with Crippen molar-refractivity contribution >= 4 is 17.5 Å². The van der Waals surface area contributed by atoms with Gasteiger partial charge in [-0.3, -0.25) is 9.78 Å². The molecule has 0 aliphatic rings. The summed E-state index contributed by atoms with van der Waals surface area (Å²) >= 11 is 5.77. The van der Waals surface area contributed by atoms with Crippen LogP contribution in [0.5, 0.6) is 5.75 Å². The van der Waals surface area contributed by atoms with E-state index in [1.165, 1.54) is 0 Å². The van der Waals surface area contributed by atoms with Crippen LogP contribution in [-0.2, 0) is 4.79 Å². The zero-order valence-electron chi connectivity index (χ0n) is 11.0. The topological polar surface area (TPSA) is 51.2 Å². The molecule has 1 heterocycles. The van der Waals surface area contributed by atoms with Crippen molar-refractivity contribution in [2.45, 2.75) is 13.0 Å². The molecule has 0 radical (unpaired) electrons. The van der Waals surface area contributed by atoms with Crippen molar-refractivity contribution in [3.63, 3.8) is 0 Å². The van der Waals surface area contributed by atoms with Crippen LogP contribution in [0.3, 0.4) is 0 Å². The van der Waals surface area contributed by atoms with Crippen molar-refractivity contribution < 1.29 is 9.53 Å². The van der Waals surface area contributed by atoms with Crippen molar-refractivity contribution in [3.05, 3.63) is 59.4 Å². The van der Waals surface area contributed by atoms with E-state index in [1.807, 2.05) is 25.1 Å². The number of hydrogen-bond acceptors (Lipinski definition) is 3. The van der Waals surface area contributed by atoms with E-state index < -0.39 is 0 Å². The smallest absolute Gasteiger partial charge is 0.258 e. The first kappa shape index (κ1) is 14.3. The number of benzene rings is 1. The second-order valence-electron chi connectivity index (χ2n) is 4.29. The van der Waals surface area contributed by atoms with Gasteiger partial charge in [0.2, 0.25) is 0 Å². The number of hydrogen-bond donors (Lipinski definition) is 1. The van der Waals surface area contributed by atoms with Gasteiger partial charge in [0.05, 0.1) is 11.7 Å². The molecule has 1 atom stereocenters. The molecule has 0 spiro atoms. The van der Waals surface area contributed by atoms with Crippen LogP contribution in [-0.4, -0.2) is 17.5 Å². The molecule has 4 nitrogen and oxygen atoms in total. The summed E-state index contributed by atoms with van der Waals surface area (Å²) in [6.45, 7) is 1.83. The van der Waals surface area contributed by atoms with Gasteiger partial charge in [0, 0.05) is 11.2 Å². The summed E-state index contributed by atoms with van der Waals surface area (Å²) in [4.78, 5) is 16.0. The summed E-state index contributed by atoms with van der Waals surface area (Å²) in [6.07, 6.45) is 1.70. The Bertz CT molecular complexity index is 558. The first-order valence-corrected chi connectivity index (χ1v) is 6.61. The third-order valence-corrected chi connectivity index (χ3v) is 2.94. The van der Waals surface area contributed by atoms with Crippen LogP contribution in [0.4, 0.5) is 0 Å². The highest BCUT2D eigenvalue weighted by atomic mass is 35.5. The van der Waals surface area contributed by atoms with E-state index in [0.29, 0.717) is 10.8 Å². The average molecular weight is 291 g/mol. The molecule has 0 bridgehead atoms. The molecular formula is C15H15ClN2O2. The Kier molecular flexibility index (Phi) is 4.96. The molecular weight excluding hydrogens is 276 g/mol. The molecule has 5 heteroatoms. The van der Waals surface area contributed by atoms with E-state index in [1.54, 1.807) is 30.5 Å². The lowest BCUT2D eigenvalue weighted by Gasteiger charge is -2.13. The molecule has 0 aliphatic heterocycles. The zero-order valence-corrected chi connectivity index (χ0v) is 11.8. The fourth-order valence-electron chi connectivity index (χ4n) is 1.67. The normalized spacial score (nSPS) is 11.7. The zero-order chi connectivity index (χ0) is 14.4. The van der Waals surface area contributed by atoms with Crippen molar-refractivity contribution in [2.24, 2.45) is 0 Å². The van der Waals surface area contributed by atoms with Gasteiger partial charge in [0.25, 0.3) is 5.91 Å². The molecule has 1 N–H and O–H groups in total. The average Bonchev–Trinajstić information content (AvgIpc) is 2.47. The molecule has 20 heavy (non-hydrogen) atoms. The van der Waals surface area contributed by atoms with E-state index in [4.69, 9.17) is 16.3 Å². The van der Waals surface area contributed by atoms with Crippen LogP contribution >= 0.6 is 11.6 Å². The summed E-state index contributed by atoms with van der Waals surface area (Å²) in [6, 6.07) is 12.3. The van der Waals surface area contributed by atoms with Gasteiger partial charge < -0.3 is 10.1 Å². The minimum atomic E-state index is -0.196. The number of ether oxygens (including phenoxy) is 1.